The summed E-state index contributed by atoms with van der Waals surface area (Å²) in [5, 5.41) is 4.76. The van der Waals surface area contributed by atoms with Gasteiger partial charge in [0, 0.05) is 47.1 Å². The van der Waals surface area contributed by atoms with Crippen molar-refractivity contribution < 1.29 is 28.6 Å². The number of para-hydroxylation sites is 2. The Hall–Kier alpha value is -4.72. The molecule has 0 saturated heterocycles. The zero-order valence-corrected chi connectivity index (χ0v) is 26.3. The zero-order valence-electron chi connectivity index (χ0n) is 23.3. The Morgan fingerprint density at radius 1 is 0.605 bits per heavy atom. The number of benzene rings is 6. The molecule has 43 heavy (non-hydrogen) atoms. The molecule has 2 heterocycles. The van der Waals surface area contributed by atoms with Crippen molar-refractivity contribution in [1.29, 1.82) is 0 Å². The van der Waals surface area contributed by atoms with Crippen LogP contribution in [0, 0.1) is 6.07 Å². The summed E-state index contributed by atoms with van der Waals surface area (Å²) in [5.41, 5.74) is 13.2. The van der Waals surface area contributed by atoms with Gasteiger partial charge in [0.25, 0.3) is 0 Å². The number of fused-ring (bicyclic) bond motifs is 8. The van der Waals surface area contributed by atoms with Gasteiger partial charge in [-0.05, 0) is 50.7 Å². The summed E-state index contributed by atoms with van der Waals surface area (Å²) in [4.78, 5) is 0. The van der Waals surface area contributed by atoms with Gasteiger partial charge in [-0.15, -0.1) is 5.56 Å². The first kappa shape index (κ1) is 24.8. The maximum atomic E-state index is 6.74. The third-order valence-corrected chi connectivity index (χ3v) is 9.28. The molecule has 1 aliphatic heterocycles. The summed E-state index contributed by atoms with van der Waals surface area (Å²) in [6.45, 7) is 0. The number of rotatable bonds is 3. The van der Waals surface area contributed by atoms with E-state index in [1.807, 2.05) is 12.1 Å². The minimum atomic E-state index is -0.157. The molecule has 198 valence electrons. The average Bonchev–Trinajstić information content (AvgIpc) is 3.31. The molecule has 0 bridgehead atoms. The zero-order chi connectivity index (χ0) is 27.4. The van der Waals surface area contributed by atoms with E-state index in [2.05, 4.69) is 121 Å². The summed E-state index contributed by atoms with van der Waals surface area (Å²) in [6, 6.07) is 46.2. The fourth-order valence-electron chi connectivity index (χ4n) is 7.41. The summed E-state index contributed by atoms with van der Waals surface area (Å²) in [7, 11) is 0. The Balaban J connectivity index is 0.00000260. The van der Waals surface area contributed by atoms with Crippen LogP contribution in [0.3, 0.4) is 0 Å². The van der Waals surface area contributed by atoms with Crippen LogP contribution in [-0.4, -0.2) is 6.10 Å². The van der Waals surface area contributed by atoms with E-state index in [9.17, 15) is 0 Å². The standard InChI is InChI=1S/C40H23O2.Zn/c1-2-10-23(11-3-1)36-31-21-20-29(37(31)36)26-18-19-30(25-13-5-4-12-24(25)26)38-39-32(27-14-6-8-16-34(27)41-39)22-33-28-15-7-9-17-35(28)42-40(33)38;/h1-2,4-22,32,39H;/q-1;. The van der Waals surface area contributed by atoms with Crippen molar-refractivity contribution in [2.45, 2.75) is 12.0 Å². The first-order valence-corrected chi connectivity index (χ1v) is 14.5. The van der Waals surface area contributed by atoms with E-state index < -0.39 is 0 Å². The Kier molecular flexibility index (Phi) is 5.28. The second-order valence-corrected chi connectivity index (χ2v) is 11.4. The molecule has 0 radical (unpaired) electrons. The molecule has 2 atom stereocenters. The third kappa shape index (κ3) is 3.43. The molecule has 0 spiro atoms. The fourth-order valence-corrected chi connectivity index (χ4v) is 7.41. The van der Waals surface area contributed by atoms with Gasteiger partial charge in [-0.25, -0.2) is 0 Å². The predicted molar refractivity (Wildman–Crippen MR) is 169 cm³/mol. The van der Waals surface area contributed by atoms with E-state index in [-0.39, 0.29) is 31.5 Å². The first-order chi connectivity index (χ1) is 20.8. The number of hydrogen-bond donors (Lipinski definition) is 0. The van der Waals surface area contributed by atoms with Gasteiger partial charge in [-0.3, -0.25) is 0 Å². The molecule has 2 nitrogen and oxygen atoms in total. The van der Waals surface area contributed by atoms with Crippen LogP contribution in [0.15, 0.2) is 126 Å². The smallest absolute Gasteiger partial charge is 0.142 e. The van der Waals surface area contributed by atoms with E-state index in [1.54, 1.807) is 0 Å². The molecular formula is C40H23O2Zn-. The van der Waals surface area contributed by atoms with Gasteiger partial charge < -0.3 is 9.15 Å². The number of furan rings is 1. The van der Waals surface area contributed by atoms with Crippen molar-refractivity contribution in [3.63, 3.8) is 0 Å². The van der Waals surface area contributed by atoms with E-state index in [0.29, 0.717) is 0 Å². The minimum Gasteiger partial charge on any atom is -0.484 e. The maximum Gasteiger partial charge on any atom is 0.142 e. The van der Waals surface area contributed by atoms with Gasteiger partial charge in [-0.2, -0.15) is 30.3 Å². The molecule has 0 fully saturated rings. The van der Waals surface area contributed by atoms with E-state index >= 15 is 0 Å². The second kappa shape index (κ2) is 9.14. The van der Waals surface area contributed by atoms with Gasteiger partial charge in [0.05, 0.1) is 0 Å². The summed E-state index contributed by atoms with van der Waals surface area (Å²) in [5.74, 6) is 1.08. The van der Waals surface area contributed by atoms with E-state index in [1.165, 1.54) is 55.3 Å². The molecule has 3 aliphatic carbocycles. The van der Waals surface area contributed by atoms with Crippen LogP contribution in [0.5, 0.6) is 5.75 Å². The summed E-state index contributed by atoms with van der Waals surface area (Å²) < 4.78 is 13.4. The molecule has 0 saturated carbocycles. The molecule has 0 amide bonds. The molecular weight excluding hydrogens is 578 g/mol. The molecule has 2 unspecified atom stereocenters. The van der Waals surface area contributed by atoms with Gasteiger partial charge in [0.15, 0.2) is 0 Å². The minimum absolute atomic E-state index is 0. The predicted octanol–water partition coefficient (Wildman–Crippen LogP) is 8.24. The van der Waals surface area contributed by atoms with Gasteiger partial charge in [0.1, 0.15) is 22.9 Å². The molecule has 0 N–H and O–H groups in total. The number of hydrogen-bond acceptors (Lipinski definition) is 2. The van der Waals surface area contributed by atoms with Crippen LogP contribution in [0.4, 0.5) is 0 Å². The normalized spacial score (nSPS) is 17.0. The fraction of sp³-hybridized carbons (Fsp3) is 0.0500. The monoisotopic (exact) mass is 599 g/mol. The second-order valence-electron chi connectivity index (χ2n) is 11.4. The van der Waals surface area contributed by atoms with Crippen LogP contribution >= 0.6 is 0 Å². The van der Waals surface area contributed by atoms with E-state index in [4.69, 9.17) is 9.15 Å². The Labute approximate surface area is 261 Å². The quantitative estimate of drug-likeness (QED) is 0.151. The van der Waals surface area contributed by atoms with Crippen LogP contribution < -0.4 is 15.4 Å². The summed E-state index contributed by atoms with van der Waals surface area (Å²) >= 11 is 0. The first-order valence-electron chi connectivity index (χ1n) is 14.5. The van der Waals surface area contributed by atoms with Crippen molar-refractivity contribution in [2.24, 2.45) is 0 Å². The van der Waals surface area contributed by atoms with Crippen LogP contribution in [0.25, 0.3) is 66.8 Å². The third-order valence-electron chi connectivity index (χ3n) is 9.28. The number of ether oxygens (including phenoxy) is 1. The largest absolute Gasteiger partial charge is 0.484 e. The van der Waals surface area contributed by atoms with Crippen molar-refractivity contribution >= 4 is 33.4 Å². The molecule has 10 rings (SSSR count). The Morgan fingerprint density at radius 2 is 1.33 bits per heavy atom. The molecule has 3 heteroatoms. The molecule has 1 aromatic heterocycles. The summed E-state index contributed by atoms with van der Waals surface area (Å²) in [6.07, 6.45) is 2.20. The van der Waals surface area contributed by atoms with Crippen LogP contribution in [0.1, 0.15) is 17.0 Å². The molecule has 6 aromatic rings. The van der Waals surface area contributed by atoms with Crippen molar-refractivity contribution in [2.75, 3.05) is 0 Å². The molecule has 4 aliphatic rings. The SMILES string of the molecule is [Zn].[c-]1cccc(-c2c3ccc(-c4ccc(C5=c6oc7ccccc7c6=CC6c7ccccc7OC56)c5ccccc45)c2-3)c1. The van der Waals surface area contributed by atoms with Gasteiger partial charge in [-0.1, -0.05) is 96.6 Å². The average molecular weight is 601 g/mol. The van der Waals surface area contributed by atoms with Crippen molar-refractivity contribution in [3.05, 3.63) is 149 Å². The topological polar surface area (TPSA) is 22.4 Å². The van der Waals surface area contributed by atoms with Crippen molar-refractivity contribution in [1.82, 2.24) is 0 Å². The maximum absolute atomic E-state index is 6.74. The van der Waals surface area contributed by atoms with Gasteiger partial charge in [0.2, 0.25) is 0 Å². The Morgan fingerprint density at radius 3 is 2.19 bits per heavy atom. The van der Waals surface area contributed by atoms with Crippen LogP contribution in [-0.2, 0) is 19.5 Å². The van der Waals surface area contributed by atoms with Crippen LogP contribution in [0.2, 0.25) is 0 Å². The van der Waals surface area contributed by atoms with Gasteiger partial charge >= 0.3 is 0 Å². The molecule has 5 aromatic carbocycles. The van der Waals surface area contributed by atoms with Crippen molar-refractivity contribution in [3.8, 4) is 39.1 Å². The Bertz CT molecular complexity index is 2400. The van der Waals surface area contributed by atoms with E-state index in [0.717, 1.165) is 32.9 Å².